The zero-order valence-corrected chi connectivity index (χ0v) is 7.56. The molecule has 1 aromatic rings. The predicted molar refractivity (Wildman–Crippen MR) is 49.0 cm³/mol. The number of halogens is 1. The molecule has 0 aliphatic heterocycles. The van der Waals surface area contributed by atoms with E-state index >= 15 is 0 Å². The molecule has 0 spiro atoms. The summed E-state index contributed by atoms with van der Waals surface area (Å²) in [5.74, 6) is 3.34. The number of furan rings is 1. The molecule has 0 aliphatic rings. The molecule has 1 aromatic heterocycles. The Labute approximate surface area is 76.9 Å². The lowest BCUT2D eigenvalue weighted by molar-refractivity contribution is 0.437. The summed E-state index contributed by atoms with van der Waals surface area (Å²) in [6.07, 6.45) is 5.78. The Balaban J connectivity index is 2.74. The quantitative estimate of drug-likeness (QED) is 0.727. The van der Waals surface area contributed by atoms with E-state index in [2.05, 4.69) is 11.2 Å². The smallest absolute Gasteiger partial charge is 0.193 e. The molecule has 0 bridgehead atoms. The second-order valence-electron chi connectivity index (χ2n) is 2.39. The van der Waals surface area contributed by atoms with Crippen LogP contribution in [0.2, 0.25) is 5.22 Å². The zero-order chi connectivity index (χ0) is 8.97. The van der Waals surface area contributed by atoms with Crippen LogP contribution in [-0.2, 0) is 0 Å². The van der Waals surface area contributed by atoms with Gasteiger partial charge in [0.15, 0.2) is 5.22 Å². The minimum atomic E-state index is 0.0579. The van der Waals surface area contributed by atoms with E-state index in [9.17, 15) is 0 Å². The maximum Gasteiger partial charge on any atom is 0.193 e. The monoisotopic (exact) mass is 183 g/mol. The third kappa shape index (κ3) is 2.04. The van der Waals surface area contributed by atoms with Crippen molar-refractivity contribution in [3.8, 4) is 12.3 Å². The molecule has 3 heteroatoms. The van der Waals surface area contributed by atoms with Gasteiger partial charge in [0.1, 0.15) is 5.76 Å². The molecule has 1 N–H and O–H groups in total. The second-order valence-corrected chi connectivity index (χ2v) is 2.76. The highest BCUT2D eigenvalue weighted by molar-refractivity contribution is 6.28. The second kappa shape index (κ2) is 4.20. The molecular weight excluding hydrogens is 174 g/mol. The highest BCUT2D eigenvalue weighted by Crippen LogP contribution is 2.21. The van der Waals surface area contributed by atoms with Crippen LogP contribution in [0.4, 0.5) is 0 Å². The summed E-state index contributed by atoms with van der Waals surface area (Å²) in [5.41, 5.74) is 0. The lowest BCUT2D eigenvalue weighted by Crippen LogP contribution is -2.14. The number of nitrogens with one attached hydrogen (secondary N) is 1. The third-order valence-electron chi connectivity index (χ3n) is 1.61. The maximum atomic E-state index is 5.62. The van der Waals surface area contributed by atoms with Gasteiger partial charge in [-0.25, -0.2) is 0 Å². The van der Waals surface area contributed by atoms with Crippen LogP contribution in [0.5, 0.6) is 0 Å². The molecule has 1 atom stereocenters. The van der Waals surface area contributed by atoms with E-state index in [1.165, 1.54) is 0 Å². The van der Waals surface area contributed by atoms with Crippen molar-refractivity contribution in [1.82, 2.24) is 5.32 Å². The minimum Gasteiger partial charge on any atom is -0.448 e. The molecule has 0 aliphatic carbocycles. The van der Waals surface area contributed by atoms with Gasteiger partial charge in [-0.15, -0.1) is 12.3 Å². The normalized spacial score (nSPS) is 12.4. The Kier molecular flexibility index (Phi) is 3.21. The van der Waals surface area contributed by atoms with E-state index in [4.69, 9.17) is 22.4 Å². The average Bonchev–Trinajstić information content (AvgIpc) is 2.47. The Morgan fingerprint density at radius 1 is 1.75 bits per heavy atom. The van der Waals surface area contributed by atoms with Gasteiger partial charge in [0.05, 0.1) is 6.04 Å². The Morgan fingerprint density at radius 3 is 2.92 bits per heavy atom. The van der Waals surface area contributed by atoms with Crippen molar-refractivity contribution in [1.29, 1.82) is 0 Å². The lowest BCUT2D eigenvalue weighted by atomic mass is 10.2. The van der Waals surface area contributed by atoms with Gasteiger partial charge in [0, 0.05) is 6.42 Å². The van der Waals surface area contributed by atoms with E-state index in [0.29, 0.717) is 11.6 Å². The first-order chi connectivity index (χ1) is 5.77. The molecule has 1 unspecified atom stereocenters. The van der Waals surface area contributed by atoms with Crippen LogP contribution >= 0.6 is 11.6 Å². The van der Waals surface area contributed by atoms with Crippen molar-refractivity contribution in [2.45, 2.75) is 12.5 Å². The van der Waals surface area contributed by atoms with Crippen LogP contribution in [0, 0.1) is 12.3 Å². The van der Waals surface area contributed by atoms with Crippen molar-refractivity contribution in [3.05, 3.63) is 23.1 Å². The van der Waals surface area contributed by atoms with Crippen molar-refractivity contribution in [3.63, 3.8) is 0 Å². The summed E-state index contributed by atoms with van der Waals surface area (Å²) in [4.78, 5) is 0. The summed E-state index contributed by atoms with van der Waals surface area (Å²) >= 11 is 5.62. The van der Waals surface area contributed by atoms with Crippen LogP contribution in [-0.4, -0.2) is 7.05 Å². The van der Waals surface area contributed by atoms with Gasteiger partial charge in [0.25, 0.3) is 0 Å². The summed E-state index contributed by atoms with van der Waals surface area (Å²) in [7, 11) is 1.83. The maximum absolute atomic E-state index is 5.62. The first kappa shape index (κ1) is 9.18. The molecule has 1 rings (SSSR count). The first-order valence-corrected chi connectivity index (χ1v) is 4.01. The molecule has 0 saturated carbocycles. The fourth-order valence-corrected chi connectivity index (χ4v) is 1.13. The SMILES string of the molecule is C#CCC(NC)c1ccc(Cl)o1. The van der Waals surface area contributed by atoms with Gasteiger partial charge in [-0.3, -0.25) is 0 Å². The highest BCUT2D eigenvalue weighted by Gasteiger charge is 2.11. The third-order valence-corrected chi connectivity index (χ3v) is 1.81. The van der Waals surface area contributed by atoms with Gasteiger partial charge in [-0.1, -0.05) is 0 Å². The molecule has 0 saturated heterocycles. The molecule has 0 fully saturated rings. The standard InChI is InChI=1S/C9H10ClNO/c1-3-4-7(11-2)8-5-6-9(10)12-8/h1,5-7,11H,4H2,2H3. The molecule has 12 heavy (non-hydrogen) atoms. The Morgan fingerprint density at radius 2 is 2.50 bits per heavy atom. The van der Waals surface area contributed by atoms with E-state index in [-0.39, 0.29) is 6.04 Å². The number of rotatable bonds is 3. The molecule has 1 heterocycles. The van der Waals surface area contributed by atoms with Gasteiger partial charge >= 0.3 is 0 Å². The molecular formula is C9H10ClNO. The Bertz CT molecular complexity index is 287. The van der Waals surface area contributed by atoms with E-state index < -0.39 is 0 Å². The van der Waals surface area contributed by atoms with Gasteiger partial charge < -0.3 is 9.73 Å². The zero-order valence-electron chi connectivity index (χ0n) is 6.80. The average molecular weight is 184 g/mol. The summed E-state index contributed by atoms with van der Waals surface area (Å²) in [6, 6.07) is 3.58. The molecule has 0 amide bonds. The van der Waals surface area contributed by atoms with E-state index in [1.54, 1.807) is 6.07 Å². The lowest BCUT2D eigenvalue weighted by Gasteiger charge is -2.08. The summed E-state index contributed by atoms with van der Waals surface area (Å²) < 4.78 is 5.20. The molecule has 0 radical (unpaired) electrons. The topological polar surface area (TPSA) is 25.2 Å². The fourth-order valence-electron chi connectivity index (χ4n) is 0.978. The first-order valence-electron chi connectivity index (χ1n) is 3.64. The highest BCUT2D eigenvalue weighted by atomic mass is 35.5. The van der Waals surface area contributed by atoms with Crippen LogP contribution in [0.15, 0.2) is 16.5 Å². The van der Waals surface area contributed by atoms with Crippen LogP contribution in [0.25, 0.3) is 0 Å². The van der Waals surface area contributed by atoms with E-state index in [0.717, 1.165) is 5.76 Å². The van der Waals surface area contributed by atoms with E-state index in [1.807, 2.05) is 13.1 Å². The van der Waals surface area contributed by atoms with Crippen molar-refractivity contribution in [2.75, 3.05) is 7.05 Å². The summed E-state index contributed by atoms with van der Waals surface area (Å²) in [6.45, 7) is 0. The predicted octanol–water partition coefficient (Wildman–Crippen LogP) is 2.22. The van der Waals surface area contributed by atoms with Crippen molar-refractivity contribution < 1.29 is 4.42 Å². The van der Waals surface area contributed by atoms with Crippen molar-refractivity contribution in [2.24, 2.45) is 0 Å². The molecule has 64 valence electrons. The minimum absolute atomic E-state index is 0.0579. The number of terminal acetylenes is 1. The summed E-state index contributed by atoms with van der Waals surface area (Å²) in [5, 5.41) is 3.43. The molecule has 2 nitrogen and oxygen atoms in total. The van der Waals surface area contributed by atoms with Crippen LogP contribution in [0.3, 0.4) is 0 Å². The van der Waals surface area contributed by atoms with Crippen LogP contribution < -0.4 is 5.32 Å². The van der Waals surface area contributed by atoms with Crippen molar-refractivity contribution >= 4 is 11.6 Å². The van der Waals surface area contributed by atoms with Gasteiger partial charge in [-0.05, 0) is 30.8 Å². The van der Waals surface area contributed by atoms with Crippen LogP contribution in [0.1, 0.15) is 18.2 Å². The van der Waals surface area contributed by atoms with Gasteiger partial charge in [0.2, 0.25) is 0 Å². The largest absolute Gasteiger partial charge is 0.448 e. The number of hydrogen-bond acceptors (Lipinski definition) is 2. The molecule has 0 aromatic carbocycles. The fraction of sp³-hybridized carbons (Fsp3) is 0.333. The van der Waals surface area contributed by atoms with Gasteiger partial charge in [-0.2, -0.15) is 0 Å². The Hall–Kier alpha value is -0.910. The number of hydrogen-bond donors (Lipinski definition) is 1.